The average molecular weight is 272 g/mol. The molecule has 0 radical (unpaired) electrons. The molecule has 0 spiro atoms. The number of phenols is 1. The normalized spacial score (nSPS) is 21.7. The lowest BCUT2D eigenvalue weighted by atomic mass is 10.2. The van der Waals surface area contributed by atoms with Crippen molar-refractivity contribution in [1.82, 2.24) is 0 Å². The molecule has 1 fully saturated rings. The van der Waals surface area contributed by atoms with Crippen LogP contribution in [0.3, 0.4) is 0 Å². The molecule has 100 valence electrons. The molecule has 0 aromatic heterocycles. The number of benzene rings is 1. The van der Waals surface area contributed by atoms with Gasteiger partial charge in [-0.15, -0.1) is 0 Å². The first-order valence-electron chi connectivity index (χ1n) is 5.83. The number of ether oxygens (including phenoxy) is 2. The molecular formula is C12H16O5S. The summed E-state index contributed by atoms with van der Waals surface area (Å²) in [7, 11) is -2.98. The highest BCUT2D eigenvalue weighted by atomic mass is 32.2. The lowest BCUT2D eigenvalue weighted by Crippen LogP contribution is -2.17. The number of sulfone groups is 1. The van der Waals surface area contributed by atoms with Crippen molar-refractivity contribution >= 4 is 9.84 Å². The maximum Gasteiger partial charge on any atom is 0.161 e. The molecule has 0 amide bonds. The minimum absolute atomic E-state index is 0.0135. The number of rotatable bonds is 4. The van der Waals surface area contributed by atoms with E-state index in [1.165, 1.54) is 6.07 Å². The predicted octanol–water partition coefficient (Wildman–Crippen LogP) is 1.36. The van der Waals surface area contributed by atoms with E-state index in [0.717, 1.165) is 0 Å². The Morgan fingerprint density at radius 1 is 1.44 bits per heavy atom. The van der Waals surface area contributed by atoms with E-state index in [0.29, 0.717) is 24.5 Å². The molecule has 1 aliphatic heterocycles. The van der Waals surface area contributed by atoms with Crippen molar-refractivity contribution in [2.24, 2.45) is 0 Å². The van der Waals surface area contributed by atoms with E-state index >= 15 is 0 Å². The first kappa shape index (κ1) is 13.0. The summed E-state index contributed by atoms with van der Waals surface area (Å²) in [5.41, 5.74) is 0. The van der Waals surface area contributed by atoms with Crippen molar-refractivity contribution in [2.75, 3.05) is 18.1 Å². The van der Waals surface area contributed by atoms with E-state index in [4.69, 9.17) is 9.47 Å². The van der Waals surface area contributed by atoms with Gasteiger partial charge < -0.3 is 14.6 Å². The first-order valence-corrected chi connectivity index (χ1v) is 7.65. The van der Waals surface area contributed by atoms with Crippen LogP contribution in [0.5, 0.6) is 17.2 Å². The highest BCUT2D eigenvalue weighted by Gasteiger charge is 2.29. The van der Waals surface area contributed by atoms with Crippen LogP contribution in [0.4, 0.5) is 0 Å². The summed E-state index contributed by atoms with van der Waals surface area (Å²) >= 11 is 0. The van der Waals surface area contributed by atoms with E-state index in [-0.39, 0.29) is 23.4 Å². The third kappa shape index (κ3) is 3.07. The Morgan fingerprint density at radius 2 is 2.22 bits per heavy atom. The average Bonchev–Trinajstić information content (AvgIpc) is 2.63. The number of hydrogen-bond acceptors (Lipinski definition) is 5. The Hall–Kier alpha value is -1.43. The largest absolute Gasteiger partial charge is 0.504 e. The van der Waals surface area contributed by atoms with Gasteiger partial charge in [0, 0.05) is 6.07 Å². The lowest BCUT2D eigenvalue weighted by Gasteiger charge is -2.14. The minimum atomic E-state index is -2.98. The number of hydrogen-bond donors (Lipinski definition) is 1. The van der Waals surface area contributed by atoms with Crippen LogP contribution in [0.2, 0.25) is 0 Å². The quantitative estimate of drug-likeness (QED) is 0.896. The molecule has 0 saturated carbocycles. The van der Waals surface area contributed by atoms with E-state index in [1.54, 1.807) is 12.1 Å². The van der Waals surface area contributed by atoms with E-state index < -0.39 is 9.84 Å². The van der Waals surface area contributed by atoms with Crippen LogP contribution in [0, 0.1) is 0 Å². The molecule has 5 nitrogen and oxygen atoms in total. The molecule has 0 unspecified atom stereocenters. The molecule has 2 rings (SSSR count). The van der Waals surface area contributed by atoms with E-state index in [2.05, 4.69) is 0 Å². The molecule has 1 saturated heterocycles. The summed E-state index contributed by atoms with van der Waals surface area (Å²) in [6.45, 7) is 2.37. The molecule has 18 heavy (non-hydrogen) atoms. The van der Waals surface area contributed by atoms with Crippen molar-refractivity contribution in [3.8, 4) is 17.2 Å². The van der Waals surface area contributed by atoms with Crippen LogP contribution < -0.4 is 9.47 Å². The molecule has 1 N–H and O–H groups in total. The zero-order valence-electron chi connectivity index (χ0n) is 10.1. The molecule has 1 atom stereocenters. The predicted molar refractivity (Wildman–Crippen MR) is 67.0 cm³/mol. The molecule has 0 aliphatic carbocycles. The van der Waals surface area contributed by atoms with Gasteiger partial charge in [-0.3, -0.25) is 0 Å². The van der Waals surface area contributed by atoms with Crippen LogP contribution in [0.15, 0.2) is 18.2 Å². The van der Waals surface area contributed by atoms with E-state index in [9.17, 15) is 13.5 Å². The first-order chi connectivity index (χ1) is 8.50. The zero-order chi connectivity index (χ0) is 13.2. The van der Waals surface area contributed by atoms with Crippen molar-refractivity contribution in [2.45, 2.75) is 19.4 Å². The Bertz CT molecular complexity index is 523. The number of aromatic hydroxyl groups is 1. The molecule has 6 heteroatoms. The smallest absolute Gasteiger partial charge is 0.161 e. The van der Waals surface area contributed by atoms with Gasteiger partial charge in [-0.2, -0.15) is 0 Å². The van der Waals surface area contributed by atoms with Crippen LogP contribution in [-0.2, 0) is 9.84 Å². The summed E-state index contributed by atoms with van der Waals surface area (Å²) in [6.07, 6.45) is 0.0912. The Morgan fingerprint density at radius 3 is 2.78 bits per heavy atom. The summed E-state index contributed by atoms with van der Waals surface area (Å²) < 4.78 is 33.3. The third-order valence-electron chi connectivity index (χ3n) is 2.73. The molecular weight excluding hydrogens is 256 g/mol. The standard InChI is InChI=1S/C12H16O5S/c1-2-16-9-3-4-12(11(13)7-9)17-10-5-6-18(14,15)8-10/h3-4,7,10,13H,2,5-6,8H2,1H3/t10-/m0/s1. The van der Waals surface area contributed by atoms with Crippen molar-refractivity contribution in [1.29, 1.82) is 0 Å². The van der Waals surface area contributed by atoms with Crippen LogP contribution >= 0.6 is 0 Å². The number of phenolic OH excluding ortho intramolecular Hbond substituents is 1. The zero-order valence-corrected chi connectivity index (χ0v) is 10.9. The topological polar surface area (TPSA) is 72.8 Å². The maximum absolute atomic E-state index is 11.3. The van der Waals surface area contributed by atoms with Gasteiger partial charge in [-0.05, 0) is 25.5 Å². The van der Waals surface area contributed by atoms with Gasteiger partial charge in [0.15, 0.2) is 21.3 Å². The Balaban J connectivity index is 2.06. The molecule has 1 heterocycles. The molecule has 1 aromatic carbocycles. The highest BCUT2D eigenvalue weighted by molar-refractivity contribution is 7.91. The summed E-state index contributed by atoms with van der Waals surface area (Å²) in [6, 6.07) is 4.73. The third-order valence-corrected chi connectivity index (χ3v) is 4.46. The van der Waals surface area contributed by atoms with Gasteiger partial charge in [-0.25, -0.2) is 8.42 Å². The maximum atomic E-state index is 11.3. The van der Waals surface area contributed by atoms with Gasteiger partial charge in [0.05, 0.1) is 18.1 Å². The van der Waals surface area contributed by atoms with Crippen LogP contribution in [0.1, 0.15) is 13.3 Å². The van der Waals surface area contributed by atoms with Crippen molar-refractivity contribution in [3.05, 3.63) is 18.2 Å². The fourth-order valence-electron chi connectivity index (χ4n) is 1.89. The second-order valence-corrected chi connectivity index (χ2v) is 6.43. The van der Waals surface area contributed by atoms with Crippen LogP contribution in [-0.4, -0.2) is 37.7 Å². The molecule has 1 aliphatic rings. The van der Waals surface area contributed by atoms with Gasteiger partial charge in [0.1, 0.15) is 11.9 Å². The van der Waals surface area contributed by atoms with Crippen LogP contribution in [0.25, 0.3) is 0 Å². The second kappa shape index (κ2) is 5.06. The fourth-order valence-corrected chi connectivity index (χ4v) is 3.48. The molecule has 1 aromatic rings. The minimum Gasteiger partial charge on any atom is -0.504 e. The Labute approximate surface area is 106 Å². The van der Waals surface area contributed by atoms with Gasteiger partial charge >= 0.3 is 0 Å². The lowest BCUT2D eigenvalue weighted by molar-refractivity contribution is 0.218. The second-order valence-electron chi connectivity index (χ2n) is 4.21. The van der Waals surface area contributed by atoms with Crippen molar-refractivity contribution < 1.29 is 23.0 Å². The SMILES string of the molecule is CCOc1ccc(O[C@H]2CCS(=O)(=O)C2)c(O)c1. The van der Waals surface area contributed by atoms with Crippen molar-refractivity contribution in [3.63, 3.8) is 0 Å². The van der Waals surface area contributed by atoms with Gasteiger partial charge in [-0.1, -0.05) is 0 Å². The fraction of sp³-hybridized carbons (Fsp3) is 0.500. The summed E-state index contributed by atoms with van der Waals surface area (Å²) in [4.78, 5) is 0. The van der Waals surface area contributed by atoms with E-state index in [1.807, 2.05) is 6.92 Å². The Kier molecular flexibility index (Phi) is 3.65. The summed E-state index contributed by atoms with van der Waals surface area (Å²) in [5.74, 6) is 0.974. The van der Waals surface area contributed by atoms with Gasteiger partial charge in [0.2, 0.25) is 0 Å². The highest BCUT2D eigenvalue weighted by Crippen LogP contribution is 2.32. The monoisotopic (exact) mass is 272 g/mol. The molecule has 0 bridgehead atoms. The van der Waals surface area contributed by atoms with Gasteiger partial charge in [0.25, 0.3) is 0 Å². The summed E-state index contributed by atoms with van der Waals surface area (Å²) in [5, 5.41) is 9.75.